The third kappa shape index (κ3) is 2.91. The highest BCUT2D eigenvalue weighted by atomic mass is 32.1. The molecule has 0 spiro atoms. The fourth-order valence-electron chi connectivity index (χ4n) is 1.41. The lowest BCUT2D eigenvalue weighted by molar-refractivity contribution is 0.103. The van der Waals surface area contributed by atoms with Crippen molar-refractivity contribution in [3.8, 4) is 0 Å². The first-order valence-corrected chi connectivity index (χ1v) is 6.33. The van der Waals surface area contributed by atoms with Crippen LogP contribution in [0.25, 0.3) is 0 Å². The third-order valence-electron chi connectivity index (χ3n) is 2.39. The van der Waals surface area contributed by atoms with Crippen LogP contribution in [0.15, 0.2) is 30.5 Å². The molecular formula is C13H14N2OS. The van der Waals surface area contributed by atoms with Crippen molar-refractivity contribution in [3.05, 3.63) is 45.8 Å². The topological polar surface area (TPSA) is 42.0 Å². The van der Waals surface area contributed by atoms with Gasteiger partial charge >= 0.3 is 0 Å². The van der Waals surface area contributed by atoms with Gasteiger partial charge in [0.2, 0.25) is 0 Å². The molecule has 2 aromatic heterocycles. The van der Waals surface area contributed by atoms with Crippen molar-refractivity contribution < 1.29 is 4.79 Å². The zero-order chi connectivity index (χ0) is 12.3. The Hall–Kier alpha value is -1.68. The number of nitrogens with zero attached hydrogens (tertiary/aromatic N) is 1. The molecule has 0 saturated heterocycles. The van der Waals surface area contributed by atoms with E-state index in [0.29, 0.717) is 5.82 Å². The van der Waals surface area contributed by atoms with Crippen LogP contribution in [-0.2, 0) is 6.42 Å². The first kappa shape index (κ1) is 11.8. The van der Waals surface area contributed by atoms with Crippen molar-refractivity contribution in [3.63, 3.8) is 0 Å². The first-order valence-electron chi connectivity index (χ1n) is 5.51. The van der Waals surface area contributed by atoms with E-state index in [4.69, 9.17) is 0 Å². The van der Waals surface area contributed by atoms with E-state index in [9.17, 15) is 4.79 Å². The van der Waals surface area contributed by atoms with Crippen LogP contribution in [0.1, 0.15) is 27.0 Å². The fraction of sp³-hybridized carbons (Fsp3) is 0.231. The number of thiophene rings is 1. The van der Waals surface area contributed by atoms with Crippen molar-refractivity contribution >= 4 is 23.1 Å². The van der Waals surface area contributed by atoms with Crippen LogP contribution < -0.4 is 5.32 Å². The molecule has 4 heteroatoms. The SMILES string of the molecule is CCc1ccc(C(=O)Nc2ccc(C)cn2)s1. The van der Waals surface area contributed by atoms with E-state index >= 15 is 0 Å². The van der Waals surface area contributed by atoms with Gasteiger partial charge in [0.25, 0.3) is 5.91 Å². The van der Waals surface area contributed by atoms with Crippen LogP contribution in [0.4, 0.5) is 5.82 Å². The molecule has 1 N–H and O–H groups in total. The largest absolute Gasteiger partial charge is 0.306 e. The molecule has 0 bridgehead atoms. The van der Waals surface area contributed by atoms with Crippen LogP contribution in [0.5, 0.6) is 0 Å². The Morgan fingerprint density at radius 3 is 2.76 bits per heavy atom. The maximum Gasteiger partial charge on any atom is 0.266 e. The quantitative estimate of drug-likeness (QED) is 0.903. The van der Waals surface area contributed by atoms with E-state index in [1.807, 2.05) is 31.2 Å². The Bertz CT molecular complexity index is 516. The second-order valence-electron chi connectivity index (χ2n) is 3.79. The third-order valence-corrected chi connectivity index (χ3v) is 3.62. The number of anilines is 1. The second kappa shape index (κ2) is 5.10. The van der Waals surface area contributed by atoms with Crippen LogP contribution in [0.3, 0.4) is 0 Å². The number of carbonyl (C=O) groups excluding carboxylic acids is 1. The first-order chi connectivity index (χ1) is 8.19. The zero-order valence-electron chi connectivity index (χ0n) is 9.86. The smallest absolute Gasteiger partial charge is 0.266 e. The van der Waals surface area contributed by atoms with Crippen LogP contribution >= 0.6 is 11.3 Å². The summed E-state index contributed by atoms with van der Waals surface area (Å²) < 4.78 is 0. The lowest BCUT2D eigenvalue weighted by Gasteiger charge is -2.02. The Morgan fingerprint density at radius 2 is 2.18 bits per heavy atom. The molecule has 1 amide bonds. The predicted molar refractivity (Wildman–Crippen MR) is 70.6 cm³/mol. The molecular weight excluding hydrogens is 232 g/mol. The molecule has 0 unspecified atom stereocenters. The Kier molecular flexibility index (Phi) is 3.54. The Labute approximate surface area is 105 Å². The molecule has 88 valence electrons. The average Bonchev–Trinajstić information content (AvgIpc) is 2.81. The van der Waals surface area contributed by atoms with Crippen LogP contribution in [0, 0.1) is 6.92 Å². The molecule has 0 radical (unpaired) electrons. The molecule has 0 saturated carbocycles. The van der Waals surface area contributed by atoms with Gasteiger partial charge in [0.15, 0.2) is 0 Å². The number of aromatic nitrogens is 1. The Morgan fingerprint density at radius 1 is 1.35 bits per heavy atom. The van der Waals surface area contributed by atoms with Crippen molar-refractivity contribution in [2.24, 2.45) is 0 Å². The highest BCUT2D eigenvalue weighted by Gasteiger charge is 2.09. The van der Waals surface area contributed by atoms with Crippen molar-refractivity contribution in [2.45, 2.75) is 20.3 Å². The van der Waals surface area contributed by atoms with Gasteiger partial charge < -0.3 is 5.32 Å². The number of aryl methyl sites for hydroxylation is 2. The summed E-state index contributed by atoms with van der Waals surface area (Å²) in [5, 5.41) is 2.78. The number of carbonyl (C=O) groups is 1. The van der Waals surface area contributed by atoms with Crippen molar-refractivity contribution in [1.82, 2.24) is 4.98 Å². The second-order valence-corrected chi connectivity index (χ2v) is 4.96. The van der Waals surface area contributed by atoms with Gasteiger partial charge in [0.1, 0.15) is 5.82 Å². The summed E-state index contributed by atoms with van der Waals surface area (Å²) in [6, 6.07) is 7.57. The highest BCUT2D eigenvalue weighted by Crippen LogP contribution is 2.18. The summed E-state index contributed by atoms with van der Waals surface area (Å²) in [5.74, 6) is 0.498. The number of hydrogen-bond acceptors (Lipinski definition) is 3. The molecule has 2 aromatic rings. The van der Waals surface area contributed by atoms with Gasteiger partial charge in [0.05, 0.1) is 4.88 Å². The summed E-state index contributed by atoms with van der Waals surface area (Å²) in [7, 11) is 0. The predicted octanol–water partition coefficient (Wildman–Crippen LogP) is 3.27. The lowest BCUT2D eigenvalue weighted by Crippen LogP contribution is -2.11. The minimum Gasteiger partial charge on any atom is -0.306 e. The maximum absolute atomic E-state index is 11.9. The minimum absolute atomic E-state index is 0.0916. The van der Waals surface area contributed by atoms with E-state index in [2.05, 4.69) is 17.2 Å². The zero-order valence-corrected chi connectivity index (χ0v) is 10.7. The molecule has 0 aliphatic heterocycles. The fourth-order valence-corrected chi connectivity index (χ4v) is 2.25. The lowest BCUT2D eigenvalue weighted by atomic mass is 10.3. The molecule has 2 rings (SSSR count). The number of hydrogen-bond donors (Lipinski definition) is 1. The summed E-state index contributed by atoms with van der Waals surface area (Å²) in [5.41, 5.74) is 1.08. The minimum atomic E-state index is -0.0916. The number of amides is 1. The van der Waals surface area contributed by atoms with E-state index in [-0.39, 0.29) is 5.91 Å². The summed E-state index contributed by atoms with van der Waals surface area (Å²) >= 11 is 1.52. The van der Waals surface area contributed by atoms with Gasteiger partial charge in [-0.05, 0) is 37.1 Å². The molecule has 0 atom stereocenters. The Balaban J connectivity index is 2.08. The molecule has 0 aromatic carbocycles. The molecule has 0 fully saturated rings. The monoisotopic (exact) mass is 246 g/mol. The summed E-state index contributed by atoms with van der Waals surface area (Å²) in [6.45, 7) is 4.04. The van der Waals surface area contributed by atoms with Crippen molar-refractivity contribution in [2.75, 3.05) is 5.32 Å². The van der Waals surface area contributed by atoms with E-state index in [0.717, 1.165) is 16.9 Å². The van der Waals surface area contributed by atoms with E-state index in [1.165, 1.54) is 16.2 Å². The van der Waals surface area contributed by atoms with Crippen LogP contribution in [0.2, 0.25) is 0 Å². The van der Waals surface area contributed by atoms with Crippen LogP contribution in [-0.4, -0.2) is 10.9 Å². The standard InChI is InChI=1S/C13H14N2OS/c1-3-10-5-6-11(17-10)13(16)15-12-7-4-9(2)8-14-12/h4-8H,3H2,1-2H3,(H,14,15,16). The summed E-state index contributed by atoms with van der Waals surface area (Å²) in [6.07, 6.45) is 2.70. The summed E-state index contributed by atoms with van der Waals surface area (Å²) in [4.78, 5) is 18.0. The average molecular weight is 246 g/mol. The normalized spacial score (nSPS) is 10.2. The molecule has 2 heterocycles. The highest BCUT2D eigenvalue weighted by molar-refractivity contribution is 7.14. The van der Waals surface area contributed by atoms with Gasteiger partial charge in [-0.2, -0.15) is 0 Å². The van der Waals surface area contributed by atoms with Gasteiger partial charge in [-0.15, -0.1) is 11.3 Å². The van der Waals surface area contributed by atoms with E-state index in [1.54, 1.807) is 6.20 Å². The molecule has 3 nitrogen and oxygen atoms in total. The number of pyridine rings is 1. The number of nitrogens with one attached hydrogen (secondary N) is 1. The molecule has 0 aliphatic rings. The van der Waals surface area contributed by atoms with Gasteiger partial charge in [-0.3, -0.25) is 4.79 Å². The molecule has 0 aliphatic carbocycles. The maximum atomic E-state index is 11.9. The van der Waals surface area contributed by atoms with Gasteiger partial charge in [-0.25, -0.2) is 4.98 Å². The van der Waals surface area contributed by atoms with Crippen molar-refractivity contribution in [1.29, 1.82) is 0 Å². The van der Waals surface area contributed by atoms with E-state index < -0.39 is 0 Å². The number of rotatable bonds is 3. The van der Waals surface area contributed by atoms with Gasteiger partial charge in [-0.1, -0.05) is 13.0 Å². The van der Waals surface area contributed by atoms with Gasteiger partial charge in [0, 0.05) is 11.1 Å². The molecule has 17 heavy (non-hydrogen) atoms.